The number of fused-ring (bicyclic) bond motifs is 1. The lowest BCUT2D eigenvalue weighted by Crippen LogP contribution is -2.40. The first-order chi connectivity index (χ1) is 9.28. The molecule has 1 atom stereocenters. The molecule has 0 bridgehead atoms. The SMILES string of the molecule is CCc1ccc(N2Cc3ccccc3OC2C)cc1. The summed E-state index contributed by atoms with van der Waals surface area (Å²) in [5.74, 6) is 1.01. The first-order valence-electron chi connectivity index (χ1n) is 6.88. The number of aryl methyl sites for hydroxylation is 1. The van der Waals surface area contributed by atoms with E-state index in [4.69, 9.17) is 4.74 Å². The lowest BCUT2D eigenvalue weighted by molar-refractivity contribution is 0.194. The minimum absolute atomic E-state index is 0.0716. The molecule has 1 unspecified atom stereocenters. The third kappa shape index (κ3) is 2.30. The molecule has 0 aromatic heterocycles. The second-order valence-electron chi connectivity index (χ2n) is 4.97. The Bertz CT molecular complexity index is 562. The van der Waals surface area contributed by atoms with Crippen molar-refractivity contribution in [2.45, 2.75) is 33.0 Å². The minimum Gasteiger partial charge on any atom is -0.470 e. The van der Waals surface area contributed by atoms with Crippen LogP contribution >= 0.6 is 0 Å². The summed E-state index contributed by atoms with van der Waals surface area (Å²) in [7, 11) is 0. The molecule has 3 rings (SSSR count). The topological polar surface area (TPSA) is 12.5 Å². The molecule has 1 aliphatic rings. The highest BCUT2D eigenvalue weighted by Gasteiger charge is 2.23. The Morgan fingerprint density at radius 1 is 1.11 bits per heavy atom. The van der Waals surface area contributed by atoms with Gasteiger partial charge in [-0.25, -0.2) is 0 Å². The van der Waals surface area contributed by atoms with Crippen molar-refractivity contribution in [1.82, 2.24) is 0 Å². The summed E-state index contributed by atoms with van der Waals surface area (Å²) in [6.07, 6.45) is 1.15. The van der Waals surface area contributed by atoms with Crippen molar-refractivity contribution in [2.75, 3.05) is 4.90 Å². The smallest absolute Gasteiger partial charge is 0.169 e. The van der Waals surface area contributed by atoms with E-state index in [1.54, 1.807) is 0 Å². The van der Waals surface area contributed by atoms with Gasteiger partial charge >= 0.3 is 0 Å². The molecule has 19 heavy (non-hydrogen) atoms. The van der Waals surface area contributed by atoms with Crippen molar-refractivity contribution in [2.24, 2.45) is 0 Å². The van der Waals surface area contributed by atoms with E-state index in [9.17, 15) is 0 Å². The first kappa shape index (κ1) is 12.1. The Morgan fingerprint density at radius 3 is 2.58 bits per heavy atom. The molecular weight excluding hydrogens is 234 g/mol. The Kier molecular flexibility index (Phi) is 3.16. The molecular formula is C17H19NO. The van der Waals surface area contributed by atoms with Crippen LogP contribution in [-0.2, 0) is 13.0 Å². The van der Waals surface area contributed by atoms with Crippen LogP contribution in [0.3, 0.4) is 0 Å². The lowest BCUT2D eigenvalue weighted by Gasteiger charge is -2.36. The van der Waals surface area contributed by atoms with Crippen molar-refractivity contribution in [3.05, 3.63) is 59.7 Å². The number of ether oxygens (including phenoxy) is 1. The molecule has 2 nitrogen and oxygen atoms in total. The van der Waals surface area contributed by atoms with Crippen molar-refractivity contribution in [3.8, 4) is 5.75 Å². The van der Waals surface area contributed by atoms with Crippen LogP contribution in [0.15, 0.2) is 48.5 Å². The fourth-order valence-corrected chi connectivity index (χ4v) is 2.53. The molecule has 98 valence electrons. The third-order valence-corrected chi connectivity index (χ3v) is 3.73. The maximum atomic E-state index is 5.98. The van der Waals surface area contributed by atoms with Crippen LogP contribution in [0.1, 0.15) is 25.0 Å². The van der Waals surface area contributed by atoms with Crippen LogP contribution in [0.25, 0.3) is 0 Å². The first-order valence-corrected chi connectivity index (χ1v) is 6.88. The van der Waals surface area contributed by atoms with Crippen molar-refractivity contribution < 1.29 is 4.74 Å². The summed E-state index contributed by atoms with van der Waals surface area (Å²) in [5.41, 5.74) is 3.84. The third-order valence-electron chi connectivity index (χ3n) is 3.73. The van der Waals surface area contributed by atoms with Crippen LogP contribution < -0.4 is 9.64 Å². The Morgan fingerprint density at radius 2 is 1.84 bits per heavy atom. The van der Waals surface area contributed by atoms with Gasteiger partial charge in [-0.1, -0.05) is 37.3 Å². The summed E-state index contributed by atoms with van der Waals surface area (Å²) in [6, 6.07) is 17.0. The summed E-state index contributed by atoms with van der Waals surface area (Å²) < 4.78 is 5.98. The van der Waals surface area contributed by atoms with Gasteiger partial charge < -0.3 is 9.64 Å². The number of nitrogens with zero attached hydrogens (tertiary/aromatic N) is 1. The molecule has 0 fully saturated rings. The summed E-state index contributed by atoms with van der Waals surface area (Å²) in [4.78, 5) is 2.29. The number of anilines is 1. The zero-order valence-electron chi connectivity index (χ0n) is 11.5. The molecule has 0 spiro atoms. The zero-order valence-corrected chi connectivity index (χ0v) is 11.5. The molecule has 2 aromatic carbocycles. The molecule has 2 heteroatoms. The number of hydrogen-bond donors (Lipinski definition) is 0. The minimum atomic E-state index is 0.0716. The fourth-order valence-electron chi connectivity index (χ4n) is 2.53. The van der Waals surface area contributed by atoms with E-state index in [1.807, 2.05) is 12.1 Å². The molecule has 0 amide bonds. The number of benzene rings is 2. The second-order valence-corrected chi connectivity index (χ2v) is 4.97. The van der Waals surface area contributed by atoms with Gasteiger partial charge in [0.25, 0.3) is 0 Å². The van der Waals surface area contributed by atoms with Crippen molar-refractivity contribution in [3.63, 3.8) is 0 Å². The van der Waals surface area contributed by atoms with E-state index in [0.717, 1.165) is 18.7 Å². The Labute approximate surface area is 114 Å². The summed E-state index contributed by atoms with van der Waals surface area (Å²) in [5, 5.41) is 0. The summed E-state index contributed by atoms with van der Waals surface area (Å²) in [6.45, 7) is 5.18. The van der Waals surface area contributed by atoms with Gasteiger partial charge in [-0.3, -0.25) is 0 Å². The van der Waals surface area contributed by atoms with Gasteiger partial charge in [0.2, 0.25) is 0 Å². The van der Waals surface area contributed by atoms with Gasteiger partial charge in [0, 0.05) is 11.3 Å². The number of para-hydroxylation sites is 1. The quantitative estimate of drug-likeness (QED) is 0.802. The molecule has 0 saturated carbocycles. The van der Waals surface area contributed by atoms with Gasteiger partial charge in [-0.15, -0.1) is 0 Å². The largest absolute Gasteiger partial charge is 0.470 e. The van der Waals surface area contributed by atoms with E-state index in [-0.39, 0.29) is 6.23 Å². The Hall–Kier alpha value is -1.96. The van der Waals surface area contributed by atoms with Crippen LogP contribution in [-0.4, -0.2) is 6.23 Å². The average molecular weight is 253 g/mol. The Balaban J connectivity index is 1.89. The van der Waals surface area contributed by atoms with E-state index in [0.29, 0.717) is 0 Å². The highest BCUT2D eigenvalue weighted by Crippen LogP contribution is 2.31. The standard InChI is InChI=1S/C17H19NO/c1-3-14-8-10-16(11-9-14)18-12-15-6-4-5-7-17(15)19-13(18)2/h4-11,13H,3,12H2,1-2H3. The van der Waals surface area contributed by atoms with Gasteiger partial charge in [0.15, 0.2) is 6.23 Å². The molecule has 1 heterocycles. The van der Waals surface area contributed by atoms with Gasteiger partial charge in [-0.05, 0) is 37.1 Å². The van der Waals surface area contributed by atoms with E-state index < -0.39 is 0 Å². The predicted molar refractivity (Wildman–Crippen MR) is 78.5 cm³/mol. The number of hydrogen-bond acceptors (Lipinski definition) is 2. The van der Waals surface area contributed by atoms with E-state index >= 15 is 0 Å². The van der Waals surface area contributed by atoms with Crippen LogP contribution in [0, 0.1) is 0 Å². The van der Waals surface area contributed by atoms with E-state index in [2.05, 4.69) is 55.1 Å². The maximum absolute atomic E-state index is 5.98. The molecule has 0 saturated heterocycles. The molecule has 1 aliphatic heterocycles. The predicted octanol–water partition coefficient (Wildman–Crippen LogP) is 3.99. The highest BCUT2D eigenvalue weighted by molar-refractivity contribution is 5.51. The van der Waals surface area contributed by atoms with Crippen LogP contribution in [0.4, 0.5) is 5.69 Å². The molecule has 2 aromatic rings. The normalized spacial score (nSPS) is 17.8. The lowest BCUT2D eigenvalue weighted by atomic mass is 10.1. The van der Waals surface area contributed by atoms with Crippen molar-refractivity contribution in [1.29, 1.82) is 0 Å². The number of rotatable bonds is 2. The van der Waals surface area contributed by atoms with Gasteiger partial charge in [0.1, 0.15) is 5.75 Å². The zero-order chi connectivity index (χ0) is 13.2. The second kappa shape index (κ2) is 4.96. The fraction of sp³-hybridized carbons (Fsp3) is 0.294. The highest BCUT2D eigenvalue weighted by atomic mass is 16.5. The van der Waals surface area contributed by atoms with Gasteiger partial charge in [0.05, 0.1) is 6.54 Å². The van der Waals surface area contributed by atoms with Crippen LogP contribution in [0.2, 0.25) is 0 Å². The van der Waals surface area contributed by atoms with Crippen molar-refractivity contribution >= 4 is 5.69 Å². The molecule has 0 aliphatic carbocycles. The molecule has 0 radical (unpaired) electrons. The summed E-state index contributed by atoms with van der Waals surface area (Å²) >= 11 is 0. The van der Waals surface area contributed by atoms with Crippen LogP contribution in [0.5, 0.6) is 5.75 Å². The molecule has 0 N–H and O–H groups in total. The average Bonchev–Trinajstić information content (AvgIpc) is 2.47. The monoisotopic (exact) mass is 253 g/mol. The van der Waals surface area contributed by atoms with Gasteiger partial charge in [-0.2, -0.15) is 0 Å². The maximum Gasteiger partial charge on any atom is 0.169 e. The van der Waals surface area contributed by atoms with E-state index in [1.165, 1.54) is 16.8 Å².